The summed E-state index contributed by atoms with van der Waals surface area (Å²) in [6, 6.07) is 10.5. The number of ether oxygens (including phenoxy) is 2. The normalized spacial score (nSPS) is 11.1. The quantitative estimate of drug-likeness (QED) is 0.546. The summed E-state index contributed by atoms with van der Waals surface area (Å²) in [7, 11) is 1.48. The first-order chi connectivity index (χ1) is 13.9. The van der Waals surface area contributed by atoms with Crippen molar-refractivity contribution in [1.82, 2.24) is 9.66 Å². The molecule has 8 nitrogen and oxygen atoms in total. The number of nitrogens with zero attached hydrogens (tertiary/aromatic N) is 3. The second-order valence-electron chi connectivity index (χ2n) is 6.04. The van der Waals surface area contributed by atoms with Crippen molar-refractivity contribution in [2.75, 3.05) is 13.7 Å². The van der Waals surface area contributed by atoms with Crippen LogP contribution in [0.5, 0.6) is 11.5 Å². The zero-order valence-corrected chi connectivity index (χ0v) is 17.5. The number of methoxy groups -OCH3 is 1. The summed E-state index contributed by atoms with van der Waals surface area (Å²) in [6.07, 6.45) is 1.98. The Kier molecular flexibility index (Phi) is 6.28. The fourth-order valence-electron chi connectivity index (χ4n) is 2.76. The number of hydrogen-bond donors (Lipinski definition) is 1. The molecule has 9 heteroatoms. The van der Waals surface area contributed by atoms with E-state index in [0.717, 1.165) is 4.47 Å². The minimum Gasteiger partial charge on any atom is -0.493 e. The molecule has 0 spiro atoms. The van der Waals surface area contributed by atoms with Crippen molar-refractivity contribution in [3.8, 4) is 11.5 Å². The topological polar surface area (TPSA) is 109 Å². The Balaban J connectivity index is 2.10. The summed E-state index contributed by atoms with van der Waals surface area (Å²) in [5, 5.41) is 4.79. The van der Waals surface area contributed by atoms with Gasteiger partial charge in [-0.3, -0.25) is 9.59 Å². The highest BCUT2D eigenvalue weighted by atomic mass is 79.9. The largest absolute Gasteiger partial charge is 0.493 e. The maximum atomic E-state index is 13.0. The lowest BCUT2D eigenvalue weighted by atomic mass is 10.2. The Morgan fingerprint density at radius 2 is 2.14 bits per heavy atom. The van der Waals surface area contributed by atoms with Gasteiger partial charge >= 0.3 is 0 Å². The molecule has 1 aromatic heterocycles. The van der Waals surface area contributed by atoms with Crippen LogP contribution >= 0.6 is 15.9 Å². The number of aryl methyl sites for hydroxylation is 1. The lowest BCUT2D eigenvalue weighted by Gasteiger charge is -2.12. The van der Waals surface area contributed by atoms with Crippen LogP contribution in [-0.2, 0) is 11.2 Å². The van der Waals surface area contributed by atoms with Gasteiger partial charge in [0.25, 0.3) is 11.5 Å². The highest BCUT2D eigenvalue weighted by molar-refractivity contribution is 9.10. The van der Waals surface area contributed by atoms with Crippen LogP contribution in [0.25, 0.3) is 10.9 Å². The van der Waals surface area contributed by atoms with Gasteiger partial charge in [0, 0.05) is 16.5 Å². The van der Waals surface area contributed by atoms with Crippen LogP contribution in [-0.4, -0.2) is 35.5 Å². The molecule has 0 atom stereocenters. The minimum absolute atomic E-state index is 0.285. The van der Waals surface area contributed by atoms with Gasteiger partial charge in [0.05, 0.1) is 24.2 Å². The molecule has 29 heavy (non-hydrogen) atoms. The number of carbonyl (C=O) groups is 1. The van der Waals surface area contributed by atoms with Crippen molar-refractivity contribution in [3.05, 3.63) is 62.6 Å². The molecule has 0 aliphatic rings. The summed E-state index contributed by atoms with van der Waals surface area (Å²) in [5.74, 6) is 0.620. The van der Waals surface area contributed by atoms with Crippen LogP contribution in [0.15, 0.2) is 50.8 Å². The van der Waals surface area contributed by atoms with Crippen LogP contribution in [0, 0.1) is 0 Å². The SMILES string of the molecule is CCc1nc2ccc(Br)cc2c(=O)n1N=Cc1cccc(OC)c1OCC(N)=O. The Morgan fingerprint density at radius 3 is 2.83 bits per heavy atom. The predicted octanol–water partition coefficient (Wildman–Crippen LogP) is 2.48. The molecule has 0 aliphatic carbocycles. The molecule has 3 rings (SSSR count). The van der Waals surface area contributed by atoms with E-state index in [9.17, 15) is 9.59 Å². The van der Waals surface area contributed by atoms with Crippen molar-refractivity contribution in [2.45, 2.75) is 13.3 Å². The average molecular weight is 459 g/mol. The first kappa shape index (κ1) is 20.5. The van der Waals surface area contributed by atoms with Crippen LogP contribution in [0.4, 0.5) is 0 Å². The molecule has 1 amide bonds. The van der Waals surface area contributed by atoms with E-state index in [-0.39, 0.29) is 12.2 Å². The molecule has 150 valence electrons. The summed E-state index contributed by atoms with van der Waals surface area (Å²) in [4.78, 5) is 28.6. The Morgan fingerprint density at radius 1 is 1.34 bits per heavy atom. The summed E-state index contributed by atoms with van der Waals surface area (Å²) in [5.41, 5.74) is 6.02. The van der Waals surface area contributed by atoms with E-state index in [2.05, 4.69) is 26.0 Å². The lowest BCUT2D eigenvalue weighted by molar-refractivity contribution is -0.119. The van der Waals surface area contributed by atoms with Crippen molar-refractivity contribution < 1.29 is 14.3 Å². The van der Waals surface area contributed by atoms with Gasteiger partial charge in [0.2, 0.25) is 0 Å². The van der Waals surface area contributed by atoms with Crippen molar-refractivity contribution in [2.24, 2.45) is 10.8 Å². The van der Waals surface area contributed by atoms with Crippen molar-refractivity contribution >= 4 is 39.0 Å². The number of para-hydroxylation sites is 1. The molecule has 3 aromatic rings. The second-order valence-corrected chi connectivity index (χ2v) is 6.95. The van der Waals surface area contributed by atoms with Crippen LogP contribution in [0.1, 0.15) is 18.3 Å². The van der Waals surface area contributed by atoms with Gasteiger partial charge in [-0.25, -0.2) is 4.98 Å². The second kappa shape index (κ2) is 8.87. The van der Waals surface area contributed by atoms with E-state index in [1.54, 1.807) is 30.3 Å². The smallest absolute Gasteiger partial charge is 0.282 e. The molecule has 0 aliphatic heterocycles. The fourth-order valence-corrected chi connectivity index (χ4v) is 3.12. The minimum atomic E-state index is -0.618. The molecular weight excluding hydrogens is 440 g/mol. The van der Waals surface area contributed by atoms with Crippen LogP contribution in [0.2, 0.25) is 0 Å². The maximum absolute atomic E-state index is 13.0. The summed E-state index contributed by atoms with van der Waals surface area (Å²) in [6.45, 7) is 1.58. The Hall–Kier alpha value is -3.20. The maximum Gasteiger partial charge on any atom is 0.282 e. The monoisotopic (exact) mass is 458 g/mol. The summed E-state index contributed by atoms with van der Waals surface area (Å²) >= 11 is 3.37. The van der Waals surface area contributed by atoms with E-state index >= 15 is 0 Å². The number of rotatable bonds is 7. The van der Waals surface area contributed by atoms with Gasteiger partial charge in [-0.05, 0) is 30.3 Å². The number of fused-ring (bicyclic) bond motifs is 1. The first-order valence-corrected chi connectivity index (χ1v) is 9.57. The number of carbonyl (C=O) groups excluding carboxylic acids is 1. The molecule has 0 fully saturated rings. The molecule has 2 N–H and O–H groups in total. The first-order valence-electron chi connectivity index (χ1n) is 8.78. The molecular formula is C20H19BrN4O4. The Bertz CT molecular complexity index is 1160. The number of aromatic nitrogens is 2. The highest BCUT2D eigenvalue weighted by Gasteiger charge is 2.13. The average Bonchev–Trinajstić information content (AvgIpc) is 2.71. The zero-order valence-electron chi connectivity index (χ0n) is 15.9. The zero-order chi connectivity index (χ0) is 21.0. The number of amides is 1. The van der Waals surface area contributed by atoms with Gasteiger partial charge in [-0.2, -0.15) is 9.78 Å². The lowest BCUT2D eigenvalue weighted by Crippen LogP contribution is -2.22. The third kappa shape index (κ3) is 4.45. The number of halogens is 1. The number of hydrogen-bond acceptors (Lipinski definition) is 6. The molecule has 2 aromatic carbocycles. The van der Waals surface area contributed by atoms with E-state index in [0.29, 0.717) is 40.2 Å². The van der Waals surface area contributed by atoms with Gasteiger partial charge < -0.3 is 15.2 Å². The molecule has 1 heterocycles. The van der Waals surface area contributed by atoms with Crippen LogP contribution < -0.4 is 20.8 Å². The fraction of sp³-hybridized carbons (Fsp3) is 0.200. The third-order valence-corrected chi connectivity index (χ3v) is 4.59. The third-order valence-electron chi connectivity index (χ3n) is 4.09. The summed E-state index contributed by atoms with van der Waals surface area (Å²) < 4.78 is 12.8. The number of nitrogens with two attached hydrogens (primary N) is 1. The van der Waals surface area contributed by atoms with Crippen LogP contribution in [0.3, 0.4) is 0 Å². The standard InChI is InChI=1S/C20H19BrN4O4/c1-3-18-24-15-8-7-13(21)9-14(15)20(27)25(18)23-10-12-5-4-6-16(28-2)19(12)29-11-17(22)26/h4-10H,3,11H2,1-2H3,(H2,22,26). The van der Waals surface area contributed by atoms with Crippen molar-refractivity contribution in [1.29, 1.82) is 0 Å². The predicted molar refractivity (Wildman–Crippen MR) is 114 cm³/mol. The van der Waals surface area contributed by atoms with E-state index in [1.807, 2.05) is 13.0 Å². The molecule has 0 saturated heterocycles. The van der Waals surface area contributed by atoms with Gasteiger partial charge in [-0.1, -0.05) is 28.9 Å². The molecule has 0 radical (unpaired) electrons. The number of benzene rings is 2. The van der Waals surface area contributed by atoms with E-state index in [1.165, 1.54) is 18.0 Å². The van der Waals surface area contributed by atoms with E-state index in [4.69, 9.17) is 15.2 Å². The van der Waals surface area contributed by atoms with Gasteiger partial charge in [0.15, 0.2) is 18.1 Å². The van der Waals surface area contributed by atoms with Gasteiger partial charge in [0.1, 0.15) is 5.82 Å². The molecule has 0 unspecified atom stereocenters. The Labute approximate surface area is 175 Å². The van der Waals surface area contributed by atoms with Crippen molar-refractivity contribution in [3.63, 3.8) is 0 Å². The number of primary amides is 1. The van der Waals surface area contributed by atoms with Gasteiger partial charge in [-0.15, -0.1) is 0 Å². The highest BCUT2D eigenvalue weighted by Crippen LogP contribution is 2.30. The molecule has 0 saturated carbocycles. The molecule has 0 bridgehead atoms. The van der Waals surface area contributed by atoms with E-state index < -0.39 is 5.91 Å².